The van der Waals surface area contributed by atoms with Crippen molar-refractivity contribution in [2.24, 2.45) is 10.1 Å². The van der Waals surface area contributed by atoms with Gasteiger partial charge < -0.3 is 5.21 Å². The number of benzene rings is 2. The van der Waals surface area contributed by atoms with E-state index in [2.05, 4.69) is 10.1 Å². The Morgan fingerprint density at radius 2 is 1.44 bits per heavy atom. The Labute approximate surface area is 106 Å². The molecule has 0 fully saturated rings. The van der Waals surface area contributed by atoms with Gasteiger partial charge in [0.1, 0.15) is 5.71 Å². The van der Waals surface area contributed by atoms with E-state index in [9.17, 15) is 0 Å². The first-order valence-electron chi connectivity index (χ1n) is 5.69. The summed E-state index contributed by atoms with van der Waals surface area (Å²) in [6.07, 6.45) is 0. The molecule has 0 aliphatic carbocycles. The van der Waals surface area contributed by atoms with Gasteiger partial charge in [0.05, 0.1) is 11.4 Å². The topological polar surface area (TPSA) is 45.0 Å². The molecule has 0 amide bonds. The summed E-state index contributed by atoms with van der Waals surface area (Å²) in [5.74, 6) is 0. The van der Waals surface area contributed by atoms with Gasteiger partial charge in [-0.3, -0.25) is 0 Å². The van der Waals surface area contributed by atoms with Gasteiger partial charge in [0.25, 0.3) is 0 Å². The van der Waals surface area contributed by atoms with E-state index >= 15 is 0 Å². The fraction of sp³-hybridized carbons (Fsp3) is 0.0667. The van der Waals surface area contributed by atoms with Crippen molar-refractivity contribution in [3.63, 3.8) is 0 Å². The van der Waals surface area contributed by atoms with Crippen molar-refractivity contribution in [3.8, 4) is 0 Å². The third-order valence-corrected chi connectivity index (χ3v) is 2.54. The molecular formula is C15H14N2O. The van der Waals surface area contributed by atoms with Gasteiger partial charge in [-0.05, 0) is 19.1 Å². The summed E-state index contributed by atoms with van der Waals surface area (Å²) < 4.78 is 0. The number of para-hydroxylation sites is 1. The van der Waals surface area contributed by atoms with Crippen LogP contribution in [0.5, 0.6) is 0 Å². The molecule has 18 heavy (non-hydrogen) atoms. The molecular weight excluding hydrogens is 224 g/mol. The minimum Gasteiger partial charge on any atom is -0.411 e. The molecule has 1 N–H and O–H groups in total. The number of oxime groups is 1. The standard InChI is InChI=1S/C15H14N2O/c1-12(17-18)15(13-8-4-2-5-9-13)16-14-10-6-3-7-11-14/h2-11,18H,1H3/b16-15?,17-12-. The molecule has 3 nitrogen and oxygen atoms in total. The van der Waals surface area contributed by atoms with Gasteiger partial charge in [0.2, 0.25) is 0 Å². The third-order valence-electron chi connectivity index (χ3n) is 2.54. The van der Waals surface area contributed by atoms with Crippen molar-refractivity contribution in [1.82, 2.24) is 0 Å². The monoisotopic (exact) mass is 238 g/mol. The van der Waals surface area contributed by atoms with E-state index in [-0.39, 0.29) is 0 Å². The third kappa shape index (κ3) is 2.83. The van der Waals surface area contributed by atoms with E-state index in [1.165, 1.54) is 0 Å². The first kappa shape index (κ1) is 12.0. The van der Waals surface area contributed by atoms with Crippen molar-refractivity contribution < 1.29 is 5.21 Å². The molecule has 2 rings (SSSR count). The van der Waals surface area contributed by atoms with E-state index < -0.39 is 0 Å². The highest BCUT2D eigenvalue weighted by Gasteiger charge is 2.07. The maximum atomic E-state index is 8.95. The van der Waals surface area contributed by atoms with E-state index in [0.29, 0.717) is 11.4 Å². The Hall–Kier alpha value is -2.42. The Kier molecular flexibility index (Phi) is 3.86. The molecule has 0 aromatic heterocycles. The van der Waals surface area contributed by atoms with Crippen LogP contribution in [0.15, 0.2) is 70.8 Å². The zero-order chi connectivity index (χ0) is 12.8. The van der Waals surface area contributed by atoms with Gasteiger partial charge in [-0.25, -0.2) is 4.99 Å². The summed E-state index contributed by atoms with van der Waals surface area (Å²) in [5, 5.41) is 12.2. The lowest BCUT2D eigenvalue weighted by Crippen LogP contribution is -2.11. The predicted octanol–water partition coefficient (Wildman–Crippen LogP) is 3.66. The Morgan fingerprint density at radius 3 is 2.00 bits per heavy atom. The maximum absolute atomic E-state index is 8.95. The van der Waals surface area contributed by atoms with E-state index in [1.54, 1.807) is 6.92 Å². The Bertz CT molecular complexity index is 560. The number of rotatable bonds is 3. The highest BCUT2D eigenvalue weighted by molar-refractivity contribution is 6.47. The van der Waals surface area contributed by atoms with Crippen LogP contribution >= 0.6 is 0 Å². The molecule has 2 aromatic carbocycles. The smallest absolute Gasteiger partial charge is 0.103 e. The van der Waals surface area contributed by atoms with E-state index in [4.69, 9.17) is 5.21 Å². The van der Waals surface area contributed by atoms with Crippen molar-refractivity contribution in [2.45, 2.75) is 6.92 Å². The second kappa shape index (κ2) is 5.77. The summed E-state index contributed by atoms with van der Waals surface area (Å²) in [4.78, 5) is 4.53. The molecule has 0 saturated heterocycles. The summed E-state index contributed by atoms with van der Waals surface area (Å²) in [6.45, 7) is 1.73. The molecule has 0 aliphatic rings. The summed E-state index contributed by atoms with van der Waals surface area (Å²) in [6, 6.07) is 19.3. The number of nitrogens with zero attached hydrogens (tertiary/aromatic N) is 2. The average molecular weight is 238 g/mol. The normalized spacial score (nSPS) is 12.5. The van der Waals surface area contributed by atoms with Crippen LogP contribution in [0, 0.1) is 0 Å². The number of hydrogen-bond donors (Lipinski definition) is 1. The minimum atomic E-state index is 0.491. The Balaban J connectivity index is 2.48. The average Bonchev–Trinajstić information content (AvgIpc) is 2.46. The van der Waals surface area contributed by atoms with Crippen LogP contribution in [0.3, 0.4) is 0 Å². The number of hydrogen-bond acceptors (Lipinski definition) is 3. The maximum Gasteiger partial charge on any atom is 0.103 e. The second-order valence-corrected chi connectivity index (χ2v) is 3.85. The van der Waals surface area contributed by atoms with Crippen molar-refractivity contribution in [2.75, 3.05) is 0 Å². The first-order chi connectivity index (χ1) is 8.81. The van der Waals surface area contributed by atoms with Crippen LogP contribution in [0.2, 0.25) is 0 Å². The largest absolute Gasteiger partial charge is 0.411 e. The molecule has 90 valence electrons. The van der Waals surface area contributed by atoms with E-state index in [1.807, 2.05) is 60.7 Å². The summed E-state index contributed by atoms with van der Waals surface area (Å²) in [5.41, 5.74) is 2.92. The Morgan fingerprint density at radius 1 is 0.889 bits per heavy atom. The predicted molar refractivity (Wildman–Crippen MR) is 74.0 cm³/mol. The molecule has 0 radical (unpaired) electrons. The lowest BCUT2D eigenvalue weighted by atomic mass is 10.1. The fourth-order valence-corrected chi connectivity index (χ4v) is 1.63. The van der Waals surface area contributed by atoms with Crippen LogP contribution in [-0.4, -0.2) is 16.6 Å². The highest BCUT2D eigenvalue weighted by Crippen LogP contribution is 2.14. The van der Waals surface area contributed by atoms with Crippen LogP contribution in [-0.2, 0) is 0 Å². The lowest BCUT2D eigenvalue weighted by molar-refractivity contribution is 0.320. The molecule has 0 heterocycles. The number of aliphatic imine (C=N–C) groups is 1. The second-order valence-electron chi connectivity index (χ2n) is 3.85. The quantitative estimate of drug-likeness (QED) is 0.495. The SMILES string of the molecule is C/C(=N/O)C(=Nc1ccccc1)c1ccccc1. The molecule has 0 unspecified atom stereocenters. The van der Waals surface area contributed by atoms with E-state index in [0.717, 1.165) is 11.3 Å². The zero-order valence-electron chi connectivity index (χ0n) is 10.1. The first-order valence-corrected chi connectivity index (χ1v) is 5.69. The molecule has 3 heteroatoms. The van der Waals surface area contributed by atoms with Crippen molar-refractivity contribution in [3.05, 3.63) is 66.2 Å². The molecule has 0 aliphatic heterocycles. The fourth-order valence-electron chi connectivity index (χ4n) is 1.63. The summed E-state index contributed by atoms with van der Waals surface area (Å²) in [7, 11) is 0. The van der Waals surface area contributed by atoms with Crippen LogP contribution in [0.4, 0.5) is 5.69 Å². The molecule has 0 atom stereocenters. The lowest BCUT2D eigenvalue weighted by Gasteiger charge is -2.05. The zero-order valence-corrected chi connectivity index (χ0v) is 10.1. The molecule has 0 saturated carbocycles. The minimum absolute atomic E-state index is 0.491. The van der Waals surface area contributed by atoms with Gasteiger partial charge >= 0.3 is 0 Å². The van der Waals surface area contributed by atoms with Gasteiger partial charge in [0.15, 0.2) is 0 Å². The van der Waals surface area contributed by atoms with Gasteiger partial charge in [-0.1, -0.05) is 53.7 Å². The molecule has 2 aromatic rings. The van der Waals surface area contributed by atoms with Gasteiger partial charge in [-0.2, -0.15) is 0 Å². The van der Waals surface area contributed by atoms with Crippen molar-refractivity contribution in [1.29, 1.82) is 0 Å². The highest BCUT2D eigenvalue weighted by atomic mass is 16.4. The van der Waals surface area contributed by atoms with Crippen LogP contribution < -0.4 is 0 Å². The van der Waals surface area contributed by atoms with Gasteiger partial charge in [0, 0.05) is 5.56 Å². The summed E-state index contributed by atoms with van der Waals surface area (Å²) >= 11 is 0. The molecule has 0 bridgehead atoms. The van der Waals surface area contributed by atoms with Crippen molar-refractivity contribution >= 4 is 17.1 Å². The van der Waals surface area contributed by atoms with Gasteiger partial charge in [-0.15, -0.1) is 0 Å². The van der Waals surface area contributed by atoms with Crippen LogP contribution in [0.25, 0.3) is 0 Å². The molecule has 0 spiro atoms. The van der Waals surface area contributed by atoms with Crippen LogP contribution in [0.1, 0.15) is 12.5 Å².